The third-order valence-corrected chi connectivity index (χ3v) is 4.30. The predicted molar refractivity (Wildman–Crippen MR) is 108 cm³/mol. The van der Waals surface area contributed by atoms with E-state index >= 15 is 0 Å². The van der Waals surface area contributed by atoms with Gasteiger partial charge in [0.15, 0.2) is 0 Å². The Bertz CT molecular complexity index is 846. The van der Waals surface area contributed by atoms with Crippen molar-refractivity contribution in [3.63, 3.8) is 0 Å². The van der Waals surface area contributed by atoms with Crippen LogP contribution in [0.4, 0.5) is 11.4 Å². The van der Waals surface area contributed by atoms with Crippen LogP contribution in [0.1, 0.15) is 5.56 Å². The minimum absolute atomic E-state index is 0.00456. The number of aromatic nitrogens is 1. The standard InChI is InChI=1S/C20H22N4O5/c25-19(7-3-16-1-5-18(6-2-16)24(26)27)22-17-4-8-20(21-15-17)29-14-11-23-9-12-28-13-10-23/h1-8,15H,9-14H2,(H,22,25)/b7-3+. The van der Waals surface area contributed by atoms with Crippen LogP contribution in [0.5, 0.6) is 5.88 Å². The van der Waals surface area contributed by atoms with Crippen molar-refractivity contribution in [2.75, 3.05) is 44.8 Å². The number of benzene rings is 1. The molecule has 1 aliphatic heterocycles. The smallest absolute Gasteiger partial charge is 0.269 e. The summed E-state index contributed by atoms with van der Waals surface area (Å²) in [4.78, 5) is 28.6. The molecule has 1 aliphatic rings. The monoisotopic (exact) mass is 398 g/mol. The Balaban J connectivity index is 1.43. The van der Waals surface area contributed by atoms with Gasteiger partial charge >= 0.3 is 0 Å². The van der Waals surface area contributed by atoms with E-state index in [1.165, 1.54) is 24.4 Å². The van der Waals surface area contributed by atoms with E-state index in [0.29, 0.717) is 23.7 Å². The fourth-order valence-electron chi connectivity index (χ4n) is 2.71. The summed E-state index contributed by atoms with van der Waals surface area (Å²) < 4.78 is 10.9. The van der Waals surface area contributed by atoms with Gasteiger partial charge in [-0.1, -0.05) is 0 Å². The van der Waals surface area contributed by atoms with Crippen LogP contribution in [0, 0.1) is 10.1 Å². The molecule has 2 aromatic rings. The van der Waals surface area contributed by atoms with Crippen LogP contribution >= 0.6 is 0 Å². The molecule has 0 radical (unpaired) electrons. The highest BCUT2D eigenvalue weighted by Crippen LogP contribution is 2.14. The summed E-state index contributed by atoms with van der Waals surface area (Å²) in [6.07, 6.45) is 4.46. The number of nitrogens with one attached hydrogen (secondary N) is 1. The number of morpholine rings is 1. The molecule has 0 aliphatic carbocycles. The van der Waals surface area contributed by atoms with E-state index in [2.05, 4.69) is 15.2 Å². The zero-order chi connectivity index (χ0) is 20.5. The molecule has 0 bridgehead atoms. The maximum Gasteiger partial charge on any atom is 0.269 e. The average molecular weight is 398 g/mol. The van der Waals surface area contributed by atoms with E-state index in [1.54, 1.807) is 30.3 Å². The van der Waals surface area contributed by atoms with E-state index in [0.717, 1.165) is 32.8 Å². The third-order valence-electron chi connectivity index (χ3n) is 4.30. The summed E-state index contributed by atoms with van der Waals surface area (Å²) in [5.41, 5.74) is 1.24. The maximum atomic E-state index is 12.0. The quantitative estimate of drug-likeness (QED) is 0.413. The van der Waals surface area contributed by atoms with Gasteiger partial charge in [-0.2, -0.15) is 0 Å². The second-order valence-electron chi connectivity index (χ2n) is 6.36. The lowest BCUT2D eigenvalue weighted by atomic mass is 10.2. The Morgan fingerprint density at radius 3 is 2.66 bits per heavy atom. The first-order chi connectivity index (χ1) is 14.1. The van der Waals surface area contributed by atoms with Crippen molar-refractivity contribution in [3.05, 3.63) is 64.3 Å². The molecule has 0 saturated carbocycles. The minimum Gasteiger partial charge on any atom is -0.476 e. The fraction of sp³-hybridized carbons (Fsp3) is 0.300. The molecular formula is C20H22N4O5. The van der Waals surface area contributed by atoms with Gasteiger partial charge in [-0.05, 0) is 29.8 Å². The van der Waals surface area contributed by atoms with Crippen molar-refractivity contribution in [3.8, 4) is 5.88 Å². The van der Waals surface area contributed by atoms with Crippen molar-refractivity contribution >= 4 is 23.4 Å². The molecule has 1 fully saturated rings. The number of nitro benzene ring substituents is 1. The van der Waals surface area contributed by atoms with Crippen LogP contribution in [0.3, 0.4) is 0 Å². The maximum absolute atomic E-state index is 12.0. The van der Waals surface area contributed by atoms with Gasteiger partial charge in [-0.25, -0.2) is 4.98 Å². The topological polar surface area (TPSA) is 107 Å². The number of anilines is 1. The fourth-order valence-corrected chi connectivity index (χ4v) is 2.71. The van der Waals surface area contributed by atoms with E-state index in [-0.39, 0.29) is 11.6 Å². The molecule has 0 unspecified atom stereocenters. The Labute approximate surface area is 168 Å². The number of nitro groups is 1. The number of nitrogens with zero attached hydrogens (tertiary/aromatic N) is 3. The molecule has 0 atom stereocenters. The van der Waals surface area contributed by atoms with Gasteiger partial charge < -0.3 is 14.8 Å². The highest BCUT2D eigenvalue weighted by Gasteiger charge is 2.10. The van der Waals surface area contributed by atoms with Gasteiger partial charge in [0, 0.05) is 43.9 Å². The van der Waals surface area contributed by atoms with Crippen LogP contribution < -0.4 is 10.1 Å². The Morgan fingerprint density at radius 2 is 2.00 bits per heavy atom. The Hall–Kier alpha value is -3.30. The summed E-state index contributed by atoms with van der Waals surface area (Å²) >= 11 is 0. The van der Waals surface area contributed by atoms with Crippen molar-refractivity contribution in [2.45, 2.75) is 0 Å². The highest BCUT2D eigenvalue weighted by atomic mass is 16.6. The molecule has 1 aromatic heterocycles. The second kappa shape index (κ2) is 10.3. The first kappa shape index (κ1) is 20.4. The van der Waals surface area contributed by atoms with E-state index in [4.69, 9.17) is 9.47 Å². The molecule has 3 rings (SSSR count). The first-order valence-corrected chi connectivity index (χ1v) is 9.22. The summed E-state index contributed by atoms with van der Waals surface area (Å²) in [5.74, 6) is 0.170. The highest BCUT2D eigenvalue weighted by molar-refractivity contribution is 6.01. The predicted octanol–water partition coefficient (Wildman–Crippen LogP) is 2.35. The number of hydrogen-bond acceptors (Lipinski definition) is 7. The van der Waals surface area contributed by atoms with Crippen molar-refractivity contribution in [2.24, 2.45) is 0 Å². The Kier molecular flexibility index (Phi) is 7.26. The largest absolute Gasteiger partial charge is 0.476 e. The number of amides is 1. The second-order valence-corrected chi connectivity index (χ2v) is 6.36. The summed E-state index contributed by atoms with van der Waals surface area (Å²) in [6.45, 7) is 4.69. The average Bonchev–Trinajstić information content (AvgIpc) is 2.74. The summed E-state index contributed by atoms with van der Waals surface area (Å²) in [6, 6.07) is 9.35. The zero-order valence-electron chi connectivity index (χ0n) is 15.8. The molecule has 9 nitrogen and oxygen atoms in total. The molecule has 29 heavy (non-hydrogen) atoms. The lowest BCUT2D eigenvalue weighted by Gasteiger charge is -2.26. The van der Waals surface area contributed by atoms with Gasteiger partial charge in [0.2, 0.25) is 11.8 Å². The van der Waals surface area contributed by atoms with Crippen molar-refractivity contribution < 1.29 is 19.2 Å². The van der Waals surface area contributed by atoms with Gasteiger partial charge in [-0.3, -0.25) is 19.8 Å². The molecule has 0 spiro atoms. The molecule has 2 heterocycles. The molecule has 9 heteroatoms. The summed E-state index contributed by atoms with van der Waals surface area (Å²) in [5, 5.41) is 13.3. The van der Waals surface area contributed by atoms with Crippen LogP contribution in [0.25, 0.3) is 6.08 Å². The number of carbonyl (C=O) groups is 1. The molecule has 1 aromatic carbocycles. The molecule has 1 amide bonds. The van der Waals surface area contributed by atoms with Crippen LogP contribution in [-0.4, -0.2) is 60.2 Å². The number of rotatable bonds is 8. The van der Waals surface area contributed by atoms with Crippen LogP contribution in [-0.2, 0) is 9.53 Å². The van der Waals surface area contributed by atoms with E-state index in [1.807, 2.05) is 0 Å². The lowest BCUT2D eigenvalue weighted by Crippen LogP contribution is -2.38. The number of hydrogen-bond donors (Lipinski definition) is 1. The molecule has 1 N–H and O–H groups in total. The number of ether oxygens (including phenoxy) is 2. The number of non-ortho nitro benzene ring substituents is 1. The van der Waals surface area contributed by atoms with Crippen molar-refractivity contribution in [1.82, 2.24) is 9.88 Å². The van der Waals surface area contributed by atoms with Gasteiger partial charge in [0.05, 0.1) is 30.0 Å². The number of carbonyl (C=O) groups excluding carboxylic acids is 1. The summed E-state index contributed by atoms with van der Waals surface area (Å²) in [7, 11) is 0. The van der Waals surface area contributed by atoms with Crippen LogP contribution in [0.2, 0.25) is 0 Å². The molecule has 152 valence electrons. The first-order valence-electron chi connectivity index (χ1n) is 9.22. The van der Waals surface area contributed by atoms with Gasteiger partial charge in [-0.15, -0.1) is 0 Å². The van der Waals surface area contributed by atoms with E-state index < -0.39 is 4.92 Å². The molecule has 1 saturated heterocycles. The zero-order valence-corrected chi connectivity index (χ0v) is 15.8. The molecular weight excluding hydrogens is 376 g/mol. The minimum atomic E-state index is -0.469. The Morgan fingerprint density at radius 1 is 1.24 bits per heavy atom. The lowest BCUT2D eigenvalue weighted by molar-refractivity contribution is -0.384. The van der Waals surface area contributed by atoms with E-state index in [9.17, 15) is 14.9 Å². The van der Waals surface area contributed by atoms with Gasteiger partial charge in [0.1, 0.15) is 6.61 Å². The normalized spacial score (nSPS) is 14.6. The SMILES string of the molecule is O=C(/C=C/c1ccc([N+](=O)[O-])cc1)Nc1ccc(OCCN2CCOCC2)nc1. The van der Waals surface area contributed by atoms with Crippen molar-refractivity contribution in [1.29, 1.82) is 0 Å². The van der Waals surface area contributed by atoms with Gasteiger partial charge in [0.25, 0.3) is 5.69 Å². The number of pyridine rings is 1. The van der Waals surface area contributed by atoms with Crippen LogP contribution in [0.15, 0.2) is 48.7 Å². The third kappa shape index (κ3) is 6.66.